The second kappa shape index (κ2) is 5.23. The maximum atomic E-state index is 5.51. The fraction of sp³-hybridized carbons (Fsp3) is 0.286. The molecule has 1 N–H and O–H groups in total. The number of halogens is 1. The van der Waals surface area contributed by atoms with Gasteiger partial charge in [-0.3, -0.25) is 0 Å². The lowest BCUT2D eigenvalue weighted by molar-refractivity contribution is 0.655. The monoisotopic (exact) mass is 415 g/mol. The van der Waals surface area contributed by atoms with Crippen LogP contribution in [0.3, 0.4) is 0 Å². The van der Waals surface area contributed by atoms with E-state index in [0.717, 1.165) is 26.5 Å². The Morgan fingerprint density at radius 3 is 2.80 bits per heavy atom. The van der Waals surface area contributed by atoms with Crippen LogP contribution in [0.5, 0.6) is 0 Å². The van der Waals surface area contributed by atoms with Gasteiger partial charge < -0.3 is 9.55 Å². The Balaban J connectivity index is 2.21. The van der Waals surface area contributed by atoms with E-state index in [-0.39, 0.29) is 6.04 Å². The molecule has 3 rings (SSSR count). The summed E-state index contributed by atoms with van der Waals surface area (Å²) in [4.78, 5) is 9.10. The summed E-state index contributed by atoms with van der Waals surface area (Å²) in [6, 6.07) is 6.56. The quantitative estimate of drug-likeness (QED) is 0.473. The number of benzene rings is 1. The minimum atomic E-state index is 0.197. The Hall–Kier alpha value is -0.730. The minimum Gasteiger partial charge on any atom is -0.331 e. The fourth-order valence-corrected chi connectivity index (χ4v) is 4.37. The van der Waals surface area contributed by atoms with Gasteiger partial charge in [0, 0.05) is 3.57 Å². The molecule has 0 saturated carbocycles. The van der Waals surface area contributed by atoms with Crippen LogP contribution in [0.1, 0.15) is 28.5 Å². The van der Waals surface area contributed by atoms with Gasteiger partial charge in [0.1, 0.15) is 0 Å². The lowest BCUT2D eigenvalue weighted by Crippen LogP contribution is -2.06. The van der Waals surface area contributed by atoms with E-state index in [1.54, 1.807) is 11.3 Å². The number of imidazole rings is 1. The number of nitrogens with zero attached hydrogens (tertiary/aromatic N) is 2. The lowest BCUT2D eigenvalue weighted by Gasteiger charge is -2.13. The van der Waals surface area contributed by atoms with Crippen molar-refractivity contribution in [2.75, 3.05) is 0 Å². The molecule has 0 radical (unpaired) electrons. The third-order valence-corrected chi connectivity index (χ3v) is 5.60. The van der Waals surface area contributed by atoms with Gasteiger partial charge in [-0.15, -0.1) is 11.3 Å². The molecule has 0 aliphatic rings. The average Bonchev–Trinajstić information content (AvgIpc) is 2.87. The maximum Gasteiger partial charge on any atom is 0.178 e. The molecule has 2 heterocycles. The molecule has 1 aromatic carbocycles. The predicted octanol–water partition coefficient (Wildman–Crippen LogP) is 4.99. The first kappa shape index (κ1) is 14.2. The Morgan fingerprint density at radius 2 is 2.15 bits per heavy atom. The number of aromatic amines is 1. The van der Waals surface area contributed by atoms with Crippen molar-refractivity contribution in [3.8, 4) is 0 Å². The molecule has 0 saturated heterocycles. The number of rotatable bonds is 2. The molecule has 6 heteroatoms. The van der Waals surface area contributed by atoms with Gasteiger partial charge in [-0.1, -0.05) is 0 Å². The molecule has 0 bridgehead atoms. The molecule has 0 amide bonds. The van der Waals surface area contributed by atoms with E-state index < -0.39 is 0 Å². The van der Waals surface area contributed by atoms with Crippen molar-refractivity contribution in [1.82, 2.24) is 14.5 Å². The van der Waals surface area contributed by atoms with Crippen LogP contribution >= 0.6 is 46.1 Å². The van der Waals surface area contributed by atoms with Crippen LogP contribution in [0.25, 0.3) is 11.0 Å². The Kier molecular flexibility index (Phi) is 3.72. The van der Waals surface area contributed by atoms with E-state index in [2.05, 4.69) is 69.2 Å². The molecule has 0 aliphatic heterocycles. The largest absolute Gasteiger partial charge is 0.331 e. The minimum absolute atomic E-state index is 0.197. The van der Waals surface area contributed by atoms with Gasteiger partial charge in [0.05, 0.1) is 32.7 Å². The molecule has 0 fully saturated rings. The number of nitrogens with one attached hydrogen (secondary N) is 1. The first-order valence-corrected chi connectivity index (χ1v) is 8.61. The van der Waals surface area contributed by atoms with E-state index >= 15 is 0 Å². The molecule has 20 heavy (non-hydrogen) atoms. The average molecular weight is 415 g/mol. The number of hydrogen-bond donors (Lipinski definition) is 1. The Bertz CT molecular complexity index is 844. The Morgan fingerprint density at radius 1 is 1.40 bits per heavy atom. The highest BCUT2D eigenvalue weighted by Gasteiger charge is 2.18. The van der Waals surface area contributed by atoms with Gasteiger partial charge >= 0.3 is 0 Å². The fourth-order valence-electron chi connectivity index (χ4n) is 2.54. The molecule has 104 valence electrons. The summed E-state index contributed by atoms with van der Waals surface area (Å²) in [5, 5.41) is 1.10. The smallest absolute Gasteiger partial charge is 0.178 e. The molecular weight excluding hydrogens is 401 g/mol. The zero-order chi connectivity index (χ0) is 14.4. The van der Waals surface area contributed by atoms with E-state index in [9.17, 15) is 0 Å². The zero-order valence-corrected chi connectivity index (χ0v) is 15.2. The number of H-pyrrole nitrogens is 1. The van der Waals surface area contributed by atoms with Crippen LogP contribution in [0.4, 0.5) is 0 Å². The van der Waals surface area contributed by atoms with Crippen LogP contribution in [-0.2, 0) is 0 Å². The van der Waals surface area contributed by atoms with Crippen LogP contribution in [-0.4, -0.2) is 14.5 Å². The second-order valence-corrected chi connectivity index (χ2v) is 7.69. The summed E-state index contributed by atoms with van der Waals surface area (Å²) >= 11 is 9.57. The number of thiazole rings is 1. The van der Waals surface area contributed by atoms with Crippen molar-refractivity contribution < 1.29 is 0 Å². The normalized spacial score (nSPS) is 13.0. The van der Waals surface area contributed by atoms with Crippen molar-refractivity contribution in [3.63, 3.8) is 0 Å². The van der Waals surface area contributed by atoms with Crippen molar-refractivity contribution in [2.45, 2.75) is 26.8 Å². The molecule has 0 aliphatic carbocycles. The third kappa shape index (κ3) is 2.33. The van der Waals surface area contributed by atoms with Crippen LogP contribution in [0.15, 0.2) is 18.2 Å². The van der Waals surface area contributed by atoms with Gasteiger partial charge in [0.2, 0.25) is 0 Å². The van der Waals surface area contributed by atoms with Crippen molar-refractivity contribution >= 4 is 57.2 Å². The maximum absolute atomic E-state index is 5.51. The van der Waals surface area contributed by atoms with Gasteiger partial charge in [-0.25, -0.2) is 4.98 Å². The van der Waals surface area contributed by atoms with Crippen LogP contribution < -0.4 is 0 Å². The Labute approximate surface area is 140 Å². The van der Waals surface area contributed by atoms with E-state index in [4.69, 9.17) is 12.2 Å². The van der Waals surface area contributed by atoms with Gasteiger partial charge in [-0.05, 0) is 73.8 Å². The van der Waals surface area contributed by atoms with Crippen molar-refractivity contribution in [1.29, 1.82) is 0 Å². The van der Waals surface area contributed by atoms with Crippen molar-refractivity contribution in [3.05, 3.63) is 42.1 Å². The van der Waals surface area contributed by atoms with Gasteiger partial charge in [0.15, 0.2) is 4.77 Å². The standard InChI is InChI=1S/C14H14IN3S2/c1-7-13(20-9(3)16-7)8(2)18-12-5-4-10(15)6-11(12)17-14(18)19/h4-6,8H,1-3H3,(H,17,19). The predicted molar refractivity (Wildman–Crippen MR) is 95.2 cm³/mol. The number of aryl methyl sites for hydroxylation is 2. The summed E-state index contributed by atoms with van der Waals surface area (Å²) in [7, 11) is 0. The van der Waals surface area contributed by atoms with E-state index in [1.165, 1.54) is 8.45 Å². The highest BCUT2D eigenvalue weighted by Crippen LogP contribution is 2.30. The lowest BCUT2D eigenvalue weighted by atomic mass is 10.2. The van der Waals surface area contributed by atoms with Crippen LogP contribution in [0.2, 0.25) is 0 Å². The summed E-state index contributed by atoms with van der Waals surface area (Å²) in [6.45, 7) is 6.29. The molecular formula is C14H14IN3S2. The molecule has 1 unspecified atom stereocenters. The first-order chi connectivity index (χ1) is 9.47. The first-order valence-electron chi connectivity index (χ1n) is 6.31. The molecule has 1 atom stereocenters. The molecule has 0 spiro atoms. The van der Waals surface area contributed by atoms with Crippen LogP contribution in [0, 0.1) is 22.2 Å². The third-order valence-electron chi connectivity index (χ3n) is 3.38. The van der Waals surface area contributed by atoms with E-state index in [0.29, 0.717) is 0 Å². The topological polar surface area (TPSA) is 33.6 Å². The number of aromatic nitrogens is 3. The summed E-state index contributed by atoms with van der Waals surface area (Å²) in [5.74, 6) is 0. The SMILES string of the molecule is Cc1nc(C)c(C(C)n2c(=S)[nH]c3cc(I)ccc32)s1. The van der Waals surface area contributed by atoms with Gasteiger partial charge in [-0.2, -0.15) is 0 Å². The number of hydrogen-bond acceptors (Lipinski definition) is 3. The van der Waals surface area contributed by atoms with Crippen molar-refractivity contribution in [2.24, 2.45) is 0 Å². The summed E-state index contributed by atoms with van der Waals surface area (Å²) in [5.41, 5.74) is 3.34. The summed E-state index contributed by atoms with van der Waals surface area (Å²) < 4.78 is 4.15. The zero-order valence-electron chi connectivity index (χ0n) is 11.4. The highest BCUT2D eigenvalue weighted by molar-refractivity contribution is 14.1. The molecule has 3 nitrogen and oxygen atoms in total. The summed E-state index contributed by atoms with van der Waals surface area (Å²) in [6.07, 6.45) is 0. The second-order valence-electron chi connectivity index (χ2n) is 4.82. The molecule has 2 aromatic heterocycles. The molecule has 3 aromatic rings. The highest BCUT2D eigenvalue weighted by atomic mass is 127. The van der Waals surface area contributed by atoms with Gasteiger partial charge in [0.25, 0.3) is 0 Å². The van der Waals surface area contributed by atoms with E-state index in [1.807, 2.05) is 6.92 Å². The number of fused-ring (bicyclic) bond motifs is 1.